The maximum absolute atomic E-state index is 13.7. The summed E-state index contributed by atoms with van der Waals surface area (Å²) in [6, 6.07) is 9.53. The van der Waals surface area contributed by atoms with Crippen LogP contribution < -0.4 is 20.1 Å². The number of carbonyl (C=O) groups excluding carboxylic acids is 2. The van der Waals surface area contributed by atoms with Gasteiger partial charge in [-0.3, -0.25) is 9.59 Å². The van der Waals surface area contributed by atoms with Crippen LogP contribution in [0.15, 0.2) is 40.9 Å². The Balaban J connectivity index is 1.87. The first-order valence-electron chi connectivity index (χ1n) is 7.69. The van der Waals surface area contributed by atoms with Gasteiger partial charge in [0.25, 0.3) is 0 Å². The molecule has 0 aliphatic rings. The van der Waals surface area contributed by atoms with Gasteiger partial charge in [0.1, 0.15) is 5.82 Å². The minimum atomic E-state index is -0.932. The molecule has 0 saturated heterocycles. The lowest BCUT2D eigenvalue weighted by Gasteiger charge is -2.10. The minimum Gasteiger partial charge on any atom is -0.493 e. The Labute approximate surface area is 158 Å². The number of hydrogen-bond donors (Lipinski definition) is 2. The van der Waals surface area contributed by atoms with E-state index in [1.165, 1.54) is 19.2 Å². The normalized spacial score (nSPS) is 10.2. The first-order chi connectivity index (χ1) is 12.4. The van der Waals surface area contributed by atoms with E-state index in [0.717, 1.165) is 5.56 Å². The van der Waals surface area contributed by atoms with Crippen LogP contribution in [0.2, 0.25) is 0 Å². The maximum Gasteiger partial charge on any atom is 0.313 e. The van der Waals surface area contributed by atoms with Crippen molar-refractivity contribution in [3.05, 3.63) is 52.3 Å². The third-order valence-electron chi connectivity index (χ3n) is 3.53. The third kappa shape index (κ3) is 5.19. The van der Waals surface area contributed by atoms with Gasteiger partial charge in [-0.25, -0.2) is 4.39 Å². The summed E-state index contributed by atoms with van der Waals surface area (Å²) in [5, 5.41) is 4.73. The summed E-state index contributed by atoms with van der Waals surface area (Å²) < 4.78 is 24.6. The molecular weight excluding hydrogens is 407 g/mol. The van der Waals surface area contributed by atoms with Gasteiger partial charge >= 0.3 is 11.8 Å². The Morgan fingerprint density at radius 3 is 2.42 bits per heavy atom. The van der Waals surface area contributed by atoms with E-state index >= 15 is 0 Å². The largest absolute Gasteiger partial charge is 0.493 e. The van der Waals surface area contributed by atoms with Gasteiger partial charge in [-0.15, -0.1) is 0 Å². The molecule has 0 atom stereocenters. The molecule has 0 spiro atoms. The second kappa shape index (κ2) is 9.19. The van der Waals surface area contributed by atoms with E-state index < -0.39 is 17.6 Å². The van der Waals surface area contributed by atoms with Crippen molar-refractivity contribution >= 4 is 33.4 Å². The molecule has 2 rings (SSSR count). The number of rotatable bonds is 6. The van der Waals surface area contributed by atoms with Crippen molar-refractivity contribution in [2.24, 2.45) is 0 Å². The average molecular weight is 425 g/mol. The van der Waals surface area contributed by atoms with Crippen LogP contribution in [-0.4, -0.2) is 32.6 Å². The Morgan fingerprint density at radius 1 is 1.04 bits per heavy atom. The van der Waals surface area contributed by atoms with Gasteiger partial charge in [-0.1, -0.05) is 22.0 Å². The zero-order chi connectivity index (χ0) is 19.1. The van der Waals surface area contributed by atoms with Crippen molar-refractivity contribution in [1.29, 1.82) is 0 Å². The molecule has 0 radical (unpaired) electrons. The first-order valence-corrected chi connectivity index (χ1v) is 8.49. The Bertz CT molecular complexity index is 814. The van der Waals surface area contributed by atoms with Crippen LogP contribution in [0.25, 0.3) is 0 Å². The molecule has 0 aliphatic heterocycles. The highest BCUT2D eigenvalue weighted by molar-refractivity contribution is 9.10. The highest BCUT2D eigenvalue weighted by Gasteiger charge is 2.15. The van der Waals surface area contributed by atoms with E-state index in [9.17, 15) is 14.0 Å². The second-order valence-electron chi connectivity index (χ2n) is 5.27. The lowest BCUT2D eigenvalue weighted by atomic mass is 10.1. The van der Waals surface area contributed by atoms with Crippen molar-refractivity contribution in [3.63, 3.8) is 0 Å². The molecule has 138 valence electrons. The standard InChI is InChI=1S/C18H18BrFN2O4/c1-25-15-6-3-11(9-16(15)26-2)7-8-21-17(23)18(24)22-14-5-4-12(19)10-13(14)20/h3-6,9-10H,7-8H2,1-2H3,(H,21,23)(H,22,24). The van der Waals surface area contributed by atoms with Gasteiger partial charge in [0.05, 0.1) is 19.9 Å². The molecule has 26 heavy (non-hydrogen) atoms. The number of halogens is 2. The van der Waals surface area contributed by atoms with Crippen molar-refractivity contribution in [2.45, 2.75) is 6.42 Å². The predicted molar refractivity (Wildman–Crippen MR) is 99.0 cm³/mol. The van der Waals surface area contributed by atoms with Crippen LogP contribution in [-0.2, 0) is 16.0 Å². The summed E-state index contributed by atoms with van der Waals surface area (Å²) in [7, 11) is 3.08. The Kier molecular flexibility index (Phi) is 6.97. The summed E-state index contributed by atoms with van der Waals surface area (Å²) >= 11 is 3.12. The number of carbonyl (C=O) groups is 2. The van der Waals surface area contributed by atoms with E-state index in [2.05, 4.69) is 26.6 Å². The predicted octanol–water partition coefficient (Wildman–Crippen LogP) is 2.90. The summed E-state index contributed by atoms with van der Waals surface area (Å²) in [5.41, 5.74) is 0.843. The molecule has 2 amide bonds. The van der Waals surface area contributed by atoms with E-state index in [1.54, 1.807) is 25.3 Å². The highest BCUT2D eigenvalue weighted by Crippen LogP contribution is 2.27. The van der Waals surface area contributed by atoms with Gasteiger partial charge < -0.3 is 20.1 Å². The summed E-state index contributed by atoms with van der Waals surface area (Å²) in [6.45, 7) is 0.241. The van der Waals surface area contributed by atoms with Crippen molar-refractivity contribution in [3.8, 4) is 11.5 Å². The average Bonchev–Trinajstić information content (AvgIpc) is 2.63. The van der Waals surface area contributed by atoms with Gasteiger partial charge in [0, 0.05) is 11.0 Å². The number of benzene rings is 2. The van der Waals surface area contributed by atoms with Crippen molar-refractivity contribution in [1.82, 2.24) is 5.32 Å². The molecule has 0 fully saturated rings. The van der Waals surface area contributed by atoms with Crippen molar-refractivity contribution in [2.75, 3.05) is 26.1 Å². The molecule has 0 unspecified atom stereocenters. The number of hydrogen-bond acceptors (Lipinski definition) is 4. The fourth-order valence-corrected chi connectivity index (χ4v) is 2.54. The number of anilines is 1. The van der Waals surface area contributed by atoms with E-state index in [4.69, 9.17) is 9.47 Å². The third-order valence-corrected chi connectivity index (χ3v) is 4.03. The zero-order valence-corrected chi connectivity index (χ0v) is 15.9. The highest BCUT2D eigenvalue weighted by atomic mass is 79.9. The fraction of sp³-hybridized carbons (Fsp3) is 0.222. The number of amides is 2. The quantitative estimate of drug-likeness (QED) is 0.698. The molecular formula is C18H18BrFN2O4. The topological polar surface area (TPSA) is 76.7 Å². The SMILES string of the molecule is COc1ccc(CCNC(=O)C(=O)Nc2ccc(Br)cc2F)cc1OC. The Morgan fingerprint density at radius 2 is 1.77 bits per heavy atom. The summed E-state index contributed by atoms with van der Waals surface area (Å²) in [5.74, 6) is -1.21. The zero-order valence-electron chi connectivity index (χ0n) is 14.3. The monoisotopic (exact) mass is 424 g/mol. The lowest BCUT2D eigenvalue weighted by molar-refractivity contribution is -0.136. The molecule has 6 nitrogen and oxygen atoms in total. The van der Waals surface area contributed by atoms with E-state index in [0.29, 0.717) is 22.4 Å². The van der Waals surface area contributed by atoms with Crippen LogP contribution in [0.1, 0.15) is 5.56 Å². The van der Waals surface area contributed by atoms with Crippen LogP contribution in [0.3, 0.4) is 0 Å². The molecule has 2 N–H and O–H groups in total. The van der Waals surface area contributed by atoms with Gasteiger partial charge in [0.15, 0.2) is 11.5 Å². The van der Waals surface area contributed by atoms with Gasteiger partial charge in [0.2, 0.25) is 0 Å². The minimum absolute atomic E-state index is 0.0618. The fourth-order valence-electron chi connectivity index (χ4n) is 2.21. The number of nitrogens with one attached hydrogen (secondary N) is 2. The molecule has 8 heteroatoms. The van der Waals surface area contributed by atoms with Crippen molar-refractivity contribution < 1.29 is 23.5 Å². The molecule has 0 heterocycles. The van der Waals surface area contributed by atoms with E-state index in [-0.39, 0.29) is 12.2 Å². The second-order valence-corrected chi connectivity index (χ2v) is 6.19. The maximum atomic E-state index is 13.7. The number of methoxy groups -OCH3 is 2. The van der Waals surface area contributed by atoms with Crippen LogP contribution in [0.5, 0.6) is 11.5 Å². The molecule has 0 aromatic heterocycles. The summed E-state index contributed by atoms with van der Waals surface area (Å²) in [6.07, 6.45) is 0.492. The molecule has 0 bridgehead atoms. The Hall–Kier alpha value is -2.61. The van der Waals surface area contributed by atoms with Crippen LogP contribution in [0, 0.1) is 5.82 Å². The molecule has 0 saturated carbocycles. The molecule has 0 aliphatic carbocycles. The van der Waals surface area contributed by atoms with Gasteiger partial charge in [-0.2, -0.15) is 0 Å². The lowest BCUT2D eigenvalue weighted by Crippen LogP contribution is -2.36. The van der Waals surface area contributed by atoms with Crippen LogP contribution in [0.4, 0.5) is 10.1 Å². The van der Waals surface area contributed by atoms with E-state index in [1.807, 2.05) is 6.07 Å². The summed E-state index contributed by atoms with van der Waals surface area (Å²) in [4.78, 5) is 23.7. The molecule has 2 aromatic carbocycles. The smallest absolute Gasteiger partial charge is 0.313 e. The first kappa shape index (κ1) is 19.7. The van der Waals surface area contributed by atoms with Crippen LogP contribution >= 0.6 is 15.9 Å². The number of ether oxygens (including phenoxy) is 2. The molecule has 2 aromatic rings. The van der Waals surface area contributed by atoms with Gasteiger partial charge in [-0.05, 0) is 42.3 Å².